The number of hydrogen-bond acceptors (Lipinski definition) is 1. The van der Waals surface area contributed by atoms with E-state index in [1.54, 1.807) is 0 Å². The quantitative estimate of drug-likeness (QED) is 0.857. The maximum Gasteiger partial charge on any atom is 0.260 e. The van der Waals surface area contributed by atoms with Crippen LogP contribution in [0.4, 0.5) is 10.1 Å². The second-order valence-corrected chi connectivity index (χ2v) is 5.23. The Kier molecular flexibility index (Phi) is 4.09. The maximum absolute atomic E-state index is 13.7. The third-order valence-electron chi connectivity index (χ3n) is 3.11. The summed E-state index contributed by atoms with van der Waals surface area (Å²) in [5.41, 5.74) is 3.54. The van der Waals surface area contributed by atoms with E-state index in [1.807, 2.05) is 32.9 Å². The lowest BCUT2D eigenvalue weighted by molar-refractivity contribution is 0.102. The van der Waals surface area contributed by atoms with Crippen molar-refractivity contribution in [3.63, 3.8) is 0 Å². The van der Waals surface area contributed by atoms with Gasteiger partial charge in [-0.15, -0.1) is 0 Å². The van der Waals surface area contributed by atoms with Gasteiger partial charge in [-0.1, -0.05) is 35.4 Å². The summed E-state index contributed by atoms with van der Waals surface area (Å²) in [7, 11) is 0. The van der Waals surface area contributed by atoms with Gasteiger partial charge in [0.05, 0.1) is 10.6 Å². The molecule has 2 rings (SSSR count). The minimum atomic E-state index is -0.627. The lowest BCUT2D eigenvalue weighted by Gasteiger charge is -2.13. The highest BCUT2D eigenvalue weighted by molar-refractivity contribution is 6.34. The van der Waals surface area contributed by atoms with Gasteiger partial charge in [-0.25, -0.2) is 4.39 Å². The summed E-state index contributed by atoms with van der Waals surface area (Å²) in [6.07, 6.45) is 0. The van der Waals surface area contributed by atoms with Crippen molar-refractivity contribution in [2.24, 2.45) is 0 Å². The SMILES string of the molecule is Cc1cc(C)c(NC(=O)c2c(F)cccc2Cl)c(C)c1. The molecule has 0 radical (unpaired) electrons. The van der Waals surface area contributed by atoms with Crippen molar-refractivity contribution in [1.82, 2.24) is 0 Å². The Hall–Kier alpha value is -1.87. The van der Waals surface area contributed by atoms with Gasteiger partial charge in [-0.3, -0.25) is 4.79 Å². The predicted octanol–water partition coefficient (Wildman–Crippen LogP) is 4.66. The standard InChI is InChI=1S/C16H15ClFNO/c1-9-7-10(2)15(11(3)8-9)19-16(20)14-12(17)5-4-6-13(14)18/h4-8H,1-3H3,(H,19,20). The van der Waals surface area contributed by atoms with Crippen molar-refractivity contribution in [3.8, 4) is 0 Å². The van der Waals surface area contributed by atoms with Crippen molar-refractivity contribution in [2.75, 3.05) is 5.32 Å². The number of hydrogen-bond donors (Lipinski definition) is 1. The zero-order valence-electron chi connectivity index (χ0n) is 11.6. The van der Waals surface area contributed by atoms with Crippen LogP contribution in [0.3, 0.4) is 0 Å². The highest BCUT2D eigenvalue weighted by atomic mass is 35.5. The molecule has 0 bridgehead atoms. The molecule has 0 aliphatic carbocycles. The molecule has 20 heavy (non-hydrogen) atoms. The Morgan fingerprint density at radius 1 is 1.15 bits per heavy atom. The minimum Gasteiger partial charge on any atom is -0.321 e. The Bertz CT molecular complexity index is 639. The smallest absolute Gasteiger partial charge is 0.260 e. The molecule has 0 aromatic heterocycles. The van der Waals surface area contributed by atoms with Gasteiger partial charge in [-0.2, -0.15) is 0 Å². The van der Waals surface area contributed by atoms with Gasteiger partial charge in [0.2, 0.25) is 0 Å². The van der Waals surface area contributed by atoms with E-state index in [1.165, 1.54) is 18.2 Å². The Morgan fingerprint density at radius 2 is 1.75 bits per heavy atom. The van der Waals surface area contributed by atoms with E-state index in [2.05, 4.69) is 5.32 Å². The zero-order valence-corrected chi connectivity index (χ0v) is 12.3. The first-order chi connectivity index (χ1) is 9.40. The highest BCUT2D eigenvalue weighted by Crippen LogP contribution is 2.25. The summed E-state index contributed by atoms with van der Waals surface area (Å²) < 4.78 is 13.7. The highest BCUT2D eigenvalue weighted by Gasteiger charge is 2.17. The monoisotopic (exact) mass is 291 g/mol. The molecule has 0 spiro atoms. The van der Waals surface area contributed by atoms with Gasteiger partial charge in [0.25, 0.3) is 5.91 Å². The van der Waals surface area contributed by atoms with Crippen LogP contribution in [0.2, 0.25) is 5.02 Å². The zero-order chi connectivity index (χ0) is 14.9. The van der Waals surface area contributed by atoms with Crippen LogP contribution in [0.25, 0.3) is 0 Å². The lowest BCUT2D eigenvalue weighted by Crippen LogP contribution is -2.16. The number of carbonyl (C=O) groups excluding carboxylic acids is 1. The lowest BCUT2D eigenvalue weighted by atomic mass is 10.0. The van der Waals surface area contributed by atoms with Gasteiger partial charge in [0, 0.05) is 5.69 Å². The van der Waals surface area contributed by atoms with Crippen molar-refractivity contribution in [3.05, 3.63) is 63.4 Å². The van der Waals surface area contributed by atoms with Gasteiger partial charge in [0.1, 0.15) is 5.82 Å². The maximum atomic E-state index is 13.7. The first-order valence-corrected chi connectivity index (χ1v) is 6.61. The fourth-order valence-electron chi connectivity index (χ4n) is 2.27. The normalized spacial score (nSPS) is 10.4. The molecule has 0 atom stereocenters. The van der Waals surface area contributed by atoms with E-state index < -0.39 is 11.7 Å². The van der Waals surface area contributed by atoms with Crippen LogP contribution >= 0.6 is 11.6 Å². The predicted molar refractivity (Wildman–Crippen MR) is 80.0 cm³/mol. The first-order valence-electron chi connectivity index (χ1n) is 6.23. The third-order valence-corrected chi connectivity index (χ3v) is 3.42. The molecule has 1 amide bonds. The second kappa shape index (κ2) is 5.63. The van der Waals surface area contributed by atoms with E-state index >= 15 is 0 Å². The van der Waals surface area contributed by atoms with E-state index in [0.717, 1.165) is 16.7 Å². The summed E-state index contributed by atoms with van der Waals surface area (Å²) >= 11 is 5.89. The summed E-state index contributed by atoms with van der Waals surface area (Å²) in [6, 6.07) is 8.11. The number of halogens is 2. The third kappa shape index (κ3) is 2.83. The molecular weight excluding hydrogens is 277 g/mol. The molecule has 0 unspecified atom stereocenters. The number of nitrogens with one attached hydrogen (secondary N) is 1. The van der Waals surface area contributed by atoms with Crippen LogP contribution in [0, 0.1) is 26.6 Å². The molecule has 0 aliphatic rings. The molecule has 2 nitrogen and oxygen atoms in total. The second-order valence-electron chi connectivity index (χ2n) is 4.82. The molecule has 1 N–H and O–H groups in total. The molecule has 4 heteroatoms. The number of anilines is 1. The van der Waals surface area contributed by atoms with Gasteiger partial charge in [0.15, 0.2) is 0 Å². The van der Waals surface area contributed by atoms with Crippen LogP contribution in [0.15, 0.2) is 30.3 Å². The molecular formula is C16H15ClFNO. The van der Waals surface area contributed by atoms with Gasteiger partial charge >= 0.3 is 0 Å². The fraction of sp³-hybridized carbons (Fsp3) is 0.188. The van der Waals surface area contributed by atoms with Crippen LogP contribution < -0.4 is 5.32 Å². The molecule has 0 saturated carbocycles. The van der Waals surface area contributed by atoms with Crippen molar-refractivity contribution in [1.29, 1.82) is 0 Å². The molecule has 0 saturated heterocycles. The summed E-state index contributed by atoms with van der Waals surface area (Å²) in [5.74, 6) is -1.17. The fourth-order valence-corrected chi connectivity index (χ4v) is 2.52. The van der Waals surface area contributed by atoms with E-state index in [4.69, 9.17) is 11.6 Å². The van der Waals surface area contributed by atoms with Crippen molar-refractivity contribution < 1.29 is 9.18 Å². The molecule has 0 aliphatic heterocycles. The molecule has 104 valence electrons. The average Bonchev–Trinajstić information content (AvgIpc) is 2.33. The summed E-state index contributed by atoms with van der Waals surface area (Å²) in [4.78, 5) is 12.2. The van der Waals surface area contributed by atoms with Gasteiger partial charge in [-0.05, 0) is 44.0 Å². The van der Waals surface area contributed by atoms with Crippen LogP contribution in [0.1, 0.15) is 27.0 Å². The summed E-state index contributed by atoms with van der Waals surface area (Å²) in [6.45, 7) is 5.79. The van der Waals surface area contributed by atoms with Crippen molar-refractivity contribution in [2.45, 2.75) is 20.8 Å². The molecule has 2 aromatic carbocycles. The van der Waals surface area contributed by atoms with Crippen LogP contribution in [-0.2, 0) is 0 Å². The van der Waals surface area contributed by atoms with E-state index in [0.29, 0.717) is 5.69 Å². The first kappa shape index (κ1) is 14.5. The Morgan fingerprint density at radius 3 is 2.30 bits per heavy atom. The van der Waals surface area contributed by atoms with Crippen molar-refractivity contribution >= 4 is 23.2 Å². The van der Waals surface area contributed by atoms with E-state index in [-0.39, 0.29) is 10.6 Å². The van der Waals surface area contributed by atoms with Crippen LogP contribution in [0.5, 0.6) is 0 Å². The Balaban J connectivity index is 2.38. The number of carbonyl (C=O) groups is 1. The molecule has 0 heterocycles. The van der Waals surface area contributed by atoms with Crippen LogP contribution in [-0.4, -0.2) is 5.91 Å². The number of amides is 1. The molecule has 0 fully saturated rings. The number of benzene rings is 2. The average molecular weight is 292 g/mol. The topological polar surface area (TPSA) is 29.1 Å². The van der Waals surface area contributed by atoms with Gasteiger partial charge < -0.3 is 5.32 Å². The Labute approximate surface area is 122 Å². The minimum absolute atomic E-state index is 0.102. The largest absolute Gasteiger partial charge is 0.321 e. The molecule has 2 aromatic rings. The number of rotatable bonds is 2. The number of aryl methyl sites for hydroxylation is 3. The summed E-state index contributed by atoms with van der Waals surface area (Å²) in [5, 5.41) is 2.84. The van der Waals surface area contributed by atoms with E-state index in [9.17, 15) is 9.18 Å².